The van der Waals surface area contributed by atoms with Crippen LogP contribution in [-0.4, -0.2) is 28.7 Å². The topological polar surface area (TPSA) is 60.3 Å². The molecule has 5 nitrogen and oxygen atoms in total. The molecule has 138 valence electrons. The van der Waals surface area contributed by atoms with Crippen LogP contribution in [0, 0.1) is 0 Å². The number of ether oxygens (including phenoxy) is 1. The smallest absolute Gasteiger partial charge is 0.252 e. The average molecular weight is 375 g/mol. The minimum atomic E-state index is -0.237. The zero-order chi connectivity index (χ0) is 18.7. The molecule has 1 atom stereocenters. The van der Waals surface area contributed by atoms with E-state index >= 15 is 0 Å². The number of carbonyl (C=O) groups is 1. The van der Waals surface area contributed by atoms with Crippen molar-refractivity contribution in [2.45, 2.75) is 44.9 Å². The number of halogens is 1. The van der Waals surface area contributed by atoms with E-state index in [-0.39, 0.29) is 23.1 Å². The molecule has 3 rings (SSSR count). The number of nitrogens with zero attached hydrogens (tertiary/aromatic N) is 1. The van der Waals surface area contributed by atoms with Gasteiger partial charge in [0.25, 0.3) is 11.5 Å². The molecule has 1 saturated heterocycles. The number of hydrogen-bond acceptors (Lipinski definition) is 3. The maximum atomic E-state index is 12.6. The molecular weight excluding hydrogens is 352 g/mol. The fourth-order valence-corrected chi connectivity index (χ4v) is 3.42. The Morgan fingerprint density at radius 1 is 1.31 bits per heavy atom. The van der Waals surface area contributed by atoms with Crippen molar-refractivity contribution in [1.29, 1.82) is 0 Å². The second-order valence-electron chi connectivity index (χ2n) is 7.25. The van der Waals surface area contributed by atoms with Gasteiger partial charge in [-0.2, -0.15) is 0 Å². The number of amides is 1. The van der Waals surface area contributed by atoms with Crippen LogP contribution >= 0.6 is 11.6 Å². The summed E-state index contributed by atoms with van der Waals surface area (Å²) in [5.41, 5.74) is 0.883. The third-order valence-electron chi connectivity index (χ3n) is 4.58. The van der Waals surface area contributed by atoms with Gasteiger partial charge in [-0.25, -0.2) is 0 Å². The lowest BCUT2D eigenvalue weighted by molar-refractivity contribution is -0.0615. The van der Waals surface area contributed by atoms with Crippen molar-refractivity contribution in [3.63, 3.8) is 0 Å². The number of nitrogens with one attached hydrogen (secondary N) is 1. The summed E-state index contributed by atoms with van der Waals surface area (Å²) >= 11 is 6.18. The summed E-state index contributed by atoms with van der Waals surface area (Å²) in [5, 5.41) is 3.65. The van der Waals surface area contributed by atoms with Crippen molar-refractivity contribution >= 4 is 17.5 Å². The van der Waals surface area contributed by atoms with Crippen LogP contribution in [0.4, 0.5) is 0 Å². The Morgan fingerprint density at radius 3 is 2.81 bits per heavy atom. The highest BCUT2D eigenvalue weighted by molar-refractivity contribution is 6.31. The summed E-state index contributed by atoms with van der Waals surface area (Å²) < 4.78 is 7.19. The molecule has 1 aromatic carbocycles. The van der Waals surface area contributed by atoms with Gasteiger partial charge in [-0.1, -0.05) is 29.8 Å². The summed E-state index contributed by atoms with van der Waals surface area (Å²) in [6, 6.07) is 10.4. The highest BCUT2D eigenvalue weighted by Crippen LogP contribution is 2.24. The quantitative estimate of drug-likeness (QED) is 0.893. The molecule has 1 amide bonds. The van der Waals surface area contributed by atoms with E-state index in [1.165, 1.54) is 10.6 Å². The first-order valence-electron chi connectivity index (χ1n) is 8.73. The number of aromatic nitrogens is 1. The fraction of sp³-hybridized carbons (Fsp3) is 0.400. The third-order valence-corrected chi connectivity index (χ3v) is 4.95. The van der Waals surface area contributed by atoms with Crippen molar-refractivity contribution in [3.05, 3.63) is 69.1 Å². The van der Waals surface area contributed by atoms with E-state index in [9.17, 15) is 9.59 Å². The summed E-state index contributed by atoms with van der Waals surface area (Å²) in [6.45, 7) is 5.00. The molecule has 0 radical (unpaired) electrons. The van der Waals surface area contributed by atoms with Gasteiger partial charge in [-0.15, -0.1) is 0 Å². The van der Waals surface area contributed by atoms with Crippen LogP contribution in [0.2, 0.25) is 5.02 Å². The molecule has 6 heteroatoms. The van der Waals surface area contributed by atoms with Crippen LogP contribution in [0.3, 0.4) is 0 Å². The van der Waals surface area contributed by atoms with Crippen molar-refractivity contribution in [1.82, 2.24) is 9.88 Å². The molecule has 0 saturated carbocycles. The zero-order valence-corrected chi connectivity index (χ0v) is 15.8. The van der Waals surface area contributed by atoms with Crippen molar-refractivity contribution in [2.24, 2.45) is 0 Å². The summed E-state index contributed by atoms with van der Waals surface area (Å²) in [6.07, 6.45) is 3.14. The van der Waals surface area contributed by atoms with Gasteiger partial charge in [-0.3, -0.25) is 9.59 Å². The first-order valence-corrected chi connectivity index (χ1v) is 9.11. The summed E-state index contributed by atoms with van der Waals surface area (Å²) in [5.74, 6) is -0.180. The standard InChI is InChI=1S/C20H23ClN2O3/c1-20(2)11-16(9-10-26-20)22-19(25)15-7-8-18(24)23(13-15)12-14-5-3-4-6-17(14)21/h3-8,13,16H,9-12H2,1-2H3,(H,22,25). The normalized spacial score (nSPS) is 19.1. The minimum absolute atomic E-state index is 0.0650. The Hall–Kier alpha value is -2.11. The first-order chi connectivity index (χ1) is 12.3. The molecule has 2 aromatic rings. The highest BCUT2D eigenvalue weighted by Gasteiger charge is 2.29. The van der Waals surface area contributed by atoms with Crippen LogP contribution < -0.4 is 10.9 Å². The van der Waals surface area contributed by atoms with E-state index in [4.69, 9.17) is 16.3 Å². The lowest BCUT2D eigenvalue weighted by atomic mass is 9.94. The van der Waals surface area contributed by atoms with Crippen LogP contribution in [0.1, 0.15) is 42.6 Å². The molecule has 1 aliphatic heterocycles. The number of carbonyl (C=O) groups excluding carboxylic acids is 1. The molecule has 0 aliphatic carbocycles. The van der Waals surface area contributed by atoms with E-state index in [2.05, 4.69) is 5.32 Å². The molecule has 1 N–H and O–H groups in total. The summed E-state index contributed by atoms with van der Waals surface area (Å²) in [4.78, 5) is 24.8. The van der Waals surface area contributed by atoms with Gasteiger partial charge >= 0.3 is 0 Å². The van der Waals surface area contributed by atoms with Crippen LogP contribution in [0.15, 0.2) is 47.4 Å². The van der Waals surface area contributed by atoms with Gasteiger partial charge in [0, 0.05) is 29.9 Å². The predicted molar refractivity (Wildman–Crippen MR) is 102 cm³/mol. The Balaban J connectivity index is 1.75. The van der Waals surface area contributed by atoms with E-state index in [1.54, 1.807) is 18.3 Å². The first kappa shape index (κ1) is 18.7. The molecule has 1 aromatic heterocycles. The molecule has 0 bridgehead atoms. The molecule has 1 fully saturated rings. The number of rotatable bonds is 4. The minimum Gasteiger partial charge on any atom is -0.375 e. The molecular formula is C20H23ClN2O3. The third kappa shape index (κ3) is 4.54. The van der Waals surface area contributed by atoms with E-state index in [1.807, 2.05) is 32.0 Å². The van der Waals surface area contributed by atoms with Gasteiger partial charge in [-0.05, 0) is 44.4 Å². The van der Waals surface area contributed by atoms with Gasteiger partial charge in [0.05, 0.1) is 17.7 Å². The molecule has 1 aliphatic rings. The average Bonchev–Trinajstić information content (AvgIpc) is 2.58. The molecule has 1 unspecified atom stereocenters. The van der Waals surface area contributed by atoms with Gasteiger partial charge < -0.3 is 14.6 Å². The Morgan fingerprint density at radius 2 is 2.08 bits per heavy atom. The summed E-state index contributed by atoms with van der Waals surface area (Å²) in [7, 11) is 0. The zero-order valence-electron chi connectivity index (χ0n) is 15.0. The molecule has 26 heavy (non-hydrogen) atoms. The molecule has 2 heterocycles. The number of hydrogen-bond donors (Lipinski definition) is 1. The van der Waals surface area contributed by atoms with Crippen molar-refractivity contribution in [2.75, 3.05) is 6.61 Å². The maximum Gasteiger partial charge on any atom is 0.252 e. The van der Waals surface area contributed by atoms with Crippen molar-refractivity contribution in [3.8, 4) is 0 Å². The fourth-order valence-electron chi connectivity index (χ4n) is 3.22. The maximum absolute atomic E-state index is 12.6. The Labute approximate surface area is 157 Å². The van der Waals surface area contributed by atoms with E-state index in [0.29, 0.717) is 23.7 Å². The SMILES string of the molecule is CC1(C)CC(NC(=O)c2ccc(=O)n(Cc3ccccc3Cl)c2)CCO1. The molecule has 0 spiro atoms. The number of pyridine rings is 1. The highest BCUT2D eigenvalue weighted by atomic mass is 35.5. The Kier molecular flexibility index (Phi) is 5.49. The lowest BCUT2D eigenvalue weighted by Gasteiger charge is -2.35. The van der Waals surface area contributed by atoms with Gasteiger partial charge in [0.15, 0.2) is 0 Å². The van der Waals surface area contributed by atoms with Gasteiger partial charge in [0.2, 0.25) is 0 Å². The van der Waals surface area contributed by atoms with E-state index < -0.39 is 0 Å². The van der Waals surface area contributed by atoms with E-state index in [0.717, 1.165) is 18.4 Å². The van der Waals surface area contributed by atoms with Gasteiger partial charge in [0.1, 0.15) is 0 Å². The second-order valence-corrected chi connectivity index (χ2v) is 7.65. The number of benzene rings is 1. The van der Waals surface area contributed by atoms with Crippen LogP contribution in [-0.2, 0) is 11.3 Å². The second kappa shape index (κ2) is 7.64. The monoisotopic (exact) mass is 374 g/mol. The largest absolute Gasteiger partial charge is 0.375 e. The lowest BCUT2D eigenvalue weighted by Crippen LogP contribution is -2.46. The predicted octanol–water partition coefficient (Wildman–Crippen LogP) is 3.24. The van der Waals surface area contributed by atoms with Crippen LogP contribution in [0.25, 0.3) is 0 Å². The van der Waals surface area contributed by atoms with Crippen molar-refractivity contribution < 1.29 is 9.53 Å². The Bertz CT molecular complexity index is 860. The van der Waals surface area contributed by atoms with Crippen LogP contribution in [0.5, 0.6) is 0 Å².